The Morgan fingerprint density at radius 2 is 1.88 bits per heavy atom. The highest BCUT2D eigenvalue weighted by Crippen LogP contribution is 2.34. The third kappa shape index (κ3) is 3.80. The Bertz CT molecular complexity index is 915. The van der Waals surface area contributed by atoms with Crippen molar-refractivity contribution in [1.82, 2.24) is 5.32 Å². The summed E-state index contributed by atoms with van der Waals surface area (Å²) in [7, 11) is -3.56. The van der Waals surface area contributed by atoms with Crippen LogP contribution >= 0.6 is 0 Å². The largest absolute Gasteiger partial charge is 0.476 e. The third-order valence-corrected chi connectivity index (χ3v) is 5.30. The Morgan fingerprint density at radius 3 is 2.54 bits per heavy atom. The van der Waals surface area contributed by atoms with Gasteiger partial charge in [-0.1, -0.05) is 24.3 Å². The molecule has 0 saturated heterocycles. The Hall–Kier alpha value is -2.61. The topological polar surface area (TPSA) is 75.7 Å². The van der Waals surface area contributed by atoms with Crippen LogP contribution in [0.15, 0.2) is 48.5 Å². The number of nitrogens with zero attached hydrogens (tertiary/aromatic N) is 1. The van der Waals surface area contributed by atoms with E-state index < -0.39 is 22.0 Å². The van der Waals surface area contributed by atoms with Crippen LogP contribution in [0.1, 0.15) is 18.5 Å². The molecule has 0 radical (unpaired) electrons. The summed E-state index contributed by atoms with van der Waals surface area (Å²) in [5.41, 5.74) is 1.14. The highest BCUT2D eigenvalue weighted by Gasteiger charge is 2.35. The molecule has 0 aromatic heterocycles. The first kappa shape index (κ1) is 18.2. The van der Waals surface area contributed by atoms with Crippen LogP contribution in [0, 0.1) is 5.82 Å². The first-order valence-corrected chi connectivity index (χ1v) is 9.90. The molecule has 0 aliphatic carbocycles. The van der Waals surface area contributed by atoms with Gasteiger partial charge in [-0.25, -0.2) is 12.8 Å². The lowest BCUT2D eigenvalue weighted by Crippen LogP contribution is -2.50. The van der Waals surface area contributed by atoms with Gasteiger partial charge in [0.15, 0.2) is 6.10 Å². The van der Waals surface area contributed by atoms with E-state index in [0.717, 1.165) is 11.8 Å². The maximum Gasteiger partial charge on any atom is 0.263 e. The molecule has 3 rings (SSSR count). The fourth-order valence-corrected chi connectivity index (χ4v) is 3.71. The van der Waals surface area contributed by atoms with Gasteiger partial charge in [-0.3, -0.25) is 9.10 Å². The van der Waals surface area contributed by atoms with Crippen molar-refractivity contribution in [2.75, 3.05) is 17.1 Å². The second-order valence-corrected chi connectivity index (χ2v) is 8.06. The fourth-order valence-electron chi connectivity index (χ4n) is 2.79. The predicted octanol–water partition coefficient (Wildman–Crippen LogP) is 2.23. The molecule has 0 bridgehead atoms. The quantitative estimate of drug-likeness (QED) is 0.885. The zero-order valence-electron chi connectivity index (χ0n) is 14.3. The predicted molar refractivity (Wildman–Crippen MR) is 96.0 cm³/mol. The van der Waals surface area contributed by atoms with E-state index in [9.17, 15) is 17.6 Å². The molecule has 1 aliphatic rings. The second kappa shape index (κ2) is 6.95. The number of hydrogen-bond donors (Lipinski definition) is 1. The summed E-state index contributed by atoms with van der Waals surface area (Å²) in [5.74, 6) is -0.466. The van der Waals surface area contributed by atoms with Gasteiger partial charge in [0, 0.05) is 0 Å². The number of anilines is 1. The van der Waals surface area contributed by atoms with Crippen LogP contribution in [0.5, 0.6) is 5.75 Å². The number of halogens is 1. The molecule has 0 fully saturated rings. The molecule has 2 atom stereocenters. The van der Waals surface area contributed by atoms with Crippen molar-refractivity contribution in [3.8, 4) is 5.75 Å². The van der Waals surface area contributed by atoms with E-state index in [0.29, 0.717) is 11.4 Å². The number of rotatable bonds is 4. The second-order valence-electron chi connectivity index (χ2n) is 6.15. The number of ether oxygens (including phenoxy) is 1. The zero-order chi connectivity index (χ0) is 18.9. The average Bonchev–Trinajstić information content (AvgIpc) is 2.60. The Kier molecular flexibility index (Phi) is 4.86. The van der Waals surface area contributed by atoms with E-state index in [4.69, 9.17) is 4.74 Å². The molecule has 0 unspecified atom stereocenters. The molecular formula is C18H19FN2O4S. The lowest BCUT2D eigenvalue weighted by atomic mass is 10.1. The van der Waals surface area contributed by atoms with Gasteiger partial charge < -0.3 is 10.1 Å². The van der Waals surface area contributed by atoms with Gasteiger partial charge in [-0.2, -0.15) is 0 Å². The van der Waals surface area contributed by atoms with Crippen LogP contribution in [0.2, 0.25) is 0 Å². The highest BCUT2D eigenvalue weighted by molar-refractivity contribution is 7.92. The number of sulfonamides is 1. The molecular weight excluding hydrogens is 359 g/mol. The van der Waals surface area contributed by atoms with Crippen molar-refractivity contribution in [1.29, 1.82) is 0 Å². The summed E-state index contributed by atoms with van der Waals surface area (Å²) in [4.78, 5) is 12.6. The number of hydrogen-bond acceptors (Lipinski definition) is 4. The van der Waals surface area contributed by atoms with Crippen LogP contribution in [-0.4, -0.2) is 33.2 Å². The molecule has 1 aliphatic heterocycles. The van der Waals surface area contributed by atoms with Crippen LogP contribution in [0.3, 0.4) is 0 Å². The van der Waals surface area contributed by atoms with E-state index in [1.807, 2.05) is 0 Å². The monoisotopic (exact) mass is 378 g/mol. The lowest BCUT2D eigenvalue weighted by molar-refractivity contribution is -0.128. The van der Waals surface area contributed by atoms with Crippen LogP contribution in [0.4, 0.5) is 10.1 Å². The zero-order valence-corrected chi connectivity index (χ0v) is 15.2. The maximum absolute atomic E-state index is 13.0. The number of fused-ring (bicyclic) bond motifs is 1. The lowest BCUT2D eigenvalue weighted by Gasteiger charge is -2.34. The first-order chi connectivity index (χ1) is 12.3. The Morgan fingerprint density at radius 1 is 1.23 bits per heavy atom. The summed E-state index contributed by atoms with van der Waals surface area (Å²) in [5, 5.41) is 2.78. The van der Waals surface area contributed by atoms with Crippen LogP contribution in [0.25, 0.3) is 0 Å². The number of carbonyl (C=O) groups is 1. The van der Waals surface area contributed by atoms with Gasteiger partial charge in [0.2, 0.25) is 10.0 Å². The SMILES string of the molecule is C[C@@H](NC(=O)[C@H]1CN(S(C)(=O)=O)c2ccccc2O1)c1ccc(F)cc1. The van der Waals surface area contributed by atoms with Crippen molar-refractivity contribution < 1.29 is 22.3 Å². The number of amides is 1. The minimum absolute atomic E-state index is 0.113. The summed E-state index contributed by atoms with van der Waals surface area (Å²) < 4.78 is 44.1. The molecule has 138 valence electrons. The van der Waals surface area contributed by atoms with Crippen molar-refractivity contribution >= 4 is 21.6 Å². The molecule has 0 spiro atoms. The number of benzene rings is 2. The Labute approximate surface area is 151 Å². The normalized spacial score (nSPS) is 17.8. The third-order valence-electron chi connectivity index (χ3n) is 4.16. The van der Waals surface area contributed by atoms with Gasteiger partial charge in [-0.15, -0.1) is 0 Å². The summed E-state index contributed by atoms with van der Waals surface area (Å²) in [6, 6.07) is 12.1. The highest BCUT2D eigenvalue weighted by atomic mass is 32.2. The molecule has 8 heteroatoms. The molecule has 0 saturated carbocycles. The molecule has 6 nitrogen and oxygen atoms in total. The number of nitrogens with one attached hydrogen (secondary N) is 1. The molecule has 1 amide bonds. The van der Waals surface area contributed by atoms with Gasteiger partial charge in [0.1, 0.15) is 11.6 Å². The van der Waals surface area contributed by atoms with Crippen molar-refractivity contribution in [3.05, 3.63) is 59.9 Å². The van der Waals surface area contributed by atoms with E-state index >= 15 is 0 Å². The molecule has 2 aromatic rings. The number of para-hydroxylation sites is 2. The van der Waals surface area contributed by atoms with Crippen LogP contribution in [-0.2, 0) is 14.8 Å². The van der Waals surface area contributed by atoms with Gasteiger partial charge in [0.25, 0.3) is 5.91 Å². The minimum atomic E-state index is -3.56. The first-order valence-electron chi connectivity index (χ1n) is 8.05. The summed E-state index contributed by atoms with van der Waals surface area (Å²) in [6.07, 6.45) is 0.105. The van der Waals surface area contributed by atoms with Crippen molar-refractivity contribution in [3.63, 3.8) is 0 Å². The smallest absolute Gasteiger partial charge is 0.263 e. The standard InChI is InChI=1S/C18H19FN2O4S/c1-12(13-7-9-14(19)10-8-13)20-18(22)17-11-21(26(2,23)24)15-5-3-4-6-16(15)25-17/h3-10,12,17H,11H2,1-2H3,(H,20,22)/t12-,17-/m1/s1. The van der Waals surface area contributed by atoms with Crippen LogP contribution < -0.4 is 14.4 Å². The maximum atomic E-state index is 13.0. The summed E-state index contributed by atoms with van der Waals surface area (Å²) >= 11 is 0. The Balaban J connectivity index is 1.79. The van der Waals surface area contributed by atoms with E-state index in [1.54, 1.807) is 43.3 Å². The van der Waals surface area contributed by atoms with Crippen molar-refractivity contribution in [2.24, 2.45) is 0 Å². The number of carbonyl (C=O) groups excluding carboxylic acids is 1. The van der Waals surface area contributed by atoms with E-state index in [2.05, 4.69) is 5.32 Å². The summed E-state index contributed by atoms with van der Waals surface area (Å²) in [6.45, 7) is 1.65. The molecule has 1 N–H and O–H groups in total. The van der Waals surface area contributed by atoms with E-state index in [-0.39, 0.29) is 18.4 Å². The van der Waals surface area contributed by atoms with E-state index in [1.165, 1.54) is 16.4 Å². The molecule has 2 aromatic carbocycles. The van der Waals surface area contributed by atoms with Gasteiger partial charge in [-0.05, 0) is 36.8 Å². The minimum Gasteiger partial charge on any atom is -0.476 e. The molecule has 26 heavy (non-hydrogen) atoms. The van der Waals surface area contributed by atoms with Gasteiger partial charge in [0.05, 0.1) is 24.5 Å². The average molecular weight is 378 g/mol. The van der Waals surface area contributed by atoms with Crippen molar-refractivity contribution in [2.45, 2.75) is 19.1 Å². The molecule has 1 heterocycles. The fraction of sp³-hybridized carbons (Fsp3) is 0.278. The van der Waals surface area contributed by atoms with Gasteiger partial charge >= 0.3 is 0 Å².